The molecule has 3 aromatic rings. The van der Waals surface area contributed by atoms with Gasteiger partial charge < -0.3 is 10.6 Å². The van der Waals surface area contributed by atoms with E-state index < -0.39 is 0 Å². The number of nitrogens with one attached hydrogen (secondary N) is 2. The van der Waals surface area contributed by atoms with Crippen LogP contribution in [0, 0.1) is 0 Å². The zero-order valence-electron chi connectivity index (χ0n) is 13.9. The second kappa shape index (κ2) is 7.79. The fourth-order valence-electron chi connectivity index (χ4n) is 2.35. The lowest BCUT2D eigenvalue weighted by Gasteiger charge is -2.09. The molecule has 0 bridgehead atoms. The molecule has 0 atom stereocenters. The van der Waals surface area contributed by atoms with Crippen LogP contribution < -0.4 is 10.6 Å². The molecule has 7 nitrogen and oxygen atoms in total. The Labute approximate surface area is 155 Å². The van der Waals surface area contributed by atoms with Crippen LogP contribution in [-0.2, 0) is 11.3 Å². The molecule has 0 aliphatic heterocycles. The first-order valence-corrected chi connectivity index (χ1v) is 8.19. The van der Waals surface area contributed by atoms with Crippen molar-refractivity contribution in [3.63, 3.8) is 0 Å². The molecule has 0 saturated carbocycles. The largest absolute Gasteiger partial charge is 0.325 e. The number of aromatic nitrogens is 3. The Balaban J connectivity index is 1.66. The minimum Gasteiger partial charge on any atom is -0.325 e. The molecule has 0 spiro atoms. The van der Waals surface area contributed by atoms with Crippen LogP contribution in [0.4, 0.5) is 11.4 Å². The number of amides is 2. The maximum Gasteiger partial charge on any atom is 0.255 e. The number of anilines is 2. The number of benzene rings is 2. The number of rotatable bonds is 5. The Morgan fingerprint density at radius 2 is 1.88 bits per heavy atom. The maximum atomic E-state index is 12.4. The number of hydrogen-bond donors (Lipinski definition) is 2. The molecule has 0 fully saturated rings. The molecule has 8 heteroatoms. The Morgan fingerprint density at radius 1 is 1.12 bits per heavy atom. The highest BCUT2D eigenvalue weighted by atomic mass is 35.5. The second-order valence-electron chi connectivity index (χ2n) is 5.62. The van der Waals surface area contributed by atoms with Crippen LogP contribution in [0.1, 0.15) is 22.8 Å². The molecule has 2 amide bonds. The first-order valence-electron chi connectivity index (χ1n) is 7.81. The van der Waals surface area contributed by atoms with Gasteiger partial charge in [-0.25, -0.2) is 9.67 Å². The van der Waals surface area contributed by atoms with Gasteiger partial charge in [0.15, 0.2) is 0 Å². The average Bonchev–Trinajstić information content (AvgIpc) is 3.10. The van der Waals surface area contributed by atoms with Gasteiger partial charge >= 0.3 is 0 Å². The molecule has 3 rings (SSSR count). The number of carbonyl (C=O) groups excluding carboxylic acids is 2. The summed E-state index contributed by atoms with van der Waals surface area (Å²) in [5, 5.41) is 9.79. The molecule has 26 heavy (non-hydrogen) atoms. The molecular weight excluding hydrogens is 354 g/mol. The number of hydrogen-bond acceptors (Lipinski definition) is 4. The van der Waals surface area contributed by atoms with E-state index in [2.05, 4.69) is 20.7 Å². The Hall–Kier alpha value is -3.19. The predicted molar refractivity (Wildman–Crippen MR) is 99.3 cm³/mol. The first-order chi connectivity index (χ1) is 12.5. The van der Waals surface area contributed by atoms with E-state index >= 15 is 0 Å². The van der Waals surface area contributed by atoms with Gasteiger partial charge in [0.2, 0.25) is 5.91 Å². The third kappa shape index (κ3) is 4.46. The maximum absolute atomic E-state index is 12.4. The van der Waals surface area contributed by atoms with E-state index in [0.29, 0.717) is 28.5 Å². The summed E-state index contributed by atoms with van der Waals surface area (Å²) in [6.07, 6.45) is 3.11. The van der Waals surface area contributed by atoms with Crippen molar-refractivity contribution in [3.8, 4) is 0 Å². The molecule has 0 radical (unpaired) electrons. The second-order valence-corrected chi connectivity index (χ2v) is 6.03. The van der Waals surface area contributed by atoms with Gasteiger partial charge in [-0.3, -0.25) is 9.59 Å². The van der Waals surface area contributed by atoms with Crippen molar-refractivity contribution in [2.75, 3.05) is 10.6 Å². The normalized spacial score (nSPS) is 10.4. The average molecular weight is 370 g/mol. The van der Waals surface area contributed by atoms with Crippen LogP contribution in [0.2, 0.25) is 5.02 Å². The highest BCUT2D eigenvalue weighted by molar-refractivity contribution is 6.34. The molecule has 0 aliphatic rings. The summed E-state index contributed by atoms with van der Waals surface area (Å²) < 4.78 is 1.70. The van der Waals surface area contributed by atoms with E-state index in [9.17, 15) is 9.59 Å². The van der Waals surface area contributed by atoms with Crippen molar-refractivity contribution in [2.24, 2.45) is 0 Å². The van der Waals surface area contributed by atoms with Gasteiger partial charge in [0.25, 0.3) is 5.91 Å². The van der Waals surface area contributed by atoms with E-state index in [4.69, 9.17) is 11.6 Å². The Kier molecular flexibility index (Phi) is 5.28. The molecule has 132 valence electrons. The molecular formula is C18H16ClN5O2. The Bertz CT molecular complexity index is 923. The van der Waals surface area contributed by atoms with Crippen LogP contribution >= 0.6 is 11.6 Å². The monoisotopic (exact) mass is 369 g/mol. The third-order valence-corrected chi connectivity index (χ3v) is 3.88. The van der Waals surface area contributed by atoms with Gasteiger partial charge in [0, 0.05) is 18.2 Å². The van der Waals surface area contributed by atoms with Crippen molar-refractivity contribution in [2.45, 2.75) is 13.5 Å². The van der Waals surface area contributed by atoms with Gasteiger partial charge in [-0.1, -0.05) is 23.7 Å². The molecule has 0 unspecified atom stereocenters. The van der Waals surface area contributed by atoms with Crippen LogP contribution in [0.15, 0.2) is 55.1 Å². The van der Waals surface area contributed by atoms with Crippen molar-refractivity contribution >= 4 is 34.8 Å². The van der Waals surface area contributed by atoms with E-state index in [-0.39, 0.29) is 11.8 Å². The summed E-state index contributed by atoms with van der Waals surface area (Å²) in [7, 11) is 0. The van der Waals surface area contributed by atoms with E-state index in [1.165, 1.54) is 13.3 Å². The molecule has 0 aliphatic carbocycles. The van der Waals surface area contributed by atoms with Crippen molar-refractivity contribution in [3.05, 3.63) is 71.3 Å². The van der Waals surface area contributed by atoms with E-state index in [1.807, 2.05) is 12.1 Å². The summed E-state index contributed by atoms with van der Waals surface area (Å²) in [6.45, 7) is 1.99. The highest BCUT2D eigenvalue weighted by Gasteiger charge is 2.09. The van der Waals surface area contributed by atoms with Gasteiger partial charge in [-0.2, -0.15) is 5.10 Å². The zero-order chi connectivity index (χ0) is 18.5. The van der Waals surface area contributed by atoms with Crippen molar-refractivity contribution in [1.82, 2.24) is 14.8 Å². The standard InChI is InChI=1S/C18H16ClN5O2/c1-12(25)22-17-7-6-15(8-16(17)19)23-18(26)14-4-2-13(3-5-14)9-24-11-20-10-21-24/h2-8,10-11H,9H2,1H3,(H,22,25)(H,23,26). The van der Waals surface area contributed by atoms with Crippen LogP contribution in [0.25, 0.3) is 0 Å². The summed E-state index contributed by atoms with van der Waals surface area (Å²) in [6, 6.07) is 12.1. The first kappa shape index (κ1) is 17.6. The topological polar surface area (TPSA) is 88.9 Å². The number of halogens is 1. The van der Waals surface area contributed by atoms with E-state index in [1.54, 1.807) is 41.3 Å². The minimum atomic E-state index is -0.249. The molecule has 1 heterocycles. The van der Waals surface area contributed by atoms with Crippen LogP contribution in [0.5, 0.6) is 0 Å². The zero-order valence-corrected chi connectivity index (χ0v) is 14.7. The number of nitrogens with zero attached hydrogens (tertiary/aromatic N) is 3. The SMILES string of the molecule is CC(=O)Nc1ccc(NC(=O)c2ccc(Cn3cncn3)cc2)cc1Cl. The van der Waals surface area contributed by atoms with Crippen molar-refractivity contribution < 1.29 is 9.59 Å². The smallest absolute Gasteiger partial charge is 0.255 e. The highest BCUT2D eigenvalue weighted by Crippen LogP contribution is 2.25. The minimum absolute atomic E-state index is 0.213. The van der Waals surface area contributed by atoms with E-state index in [0.717, 1.165) is 5.56 Å². The molecule has 0 saturated heterocycles. The summed E-state index contributed by atoms with van der Waals surface area (Å²) in [4.78, 5) is 27.4. The van der Waals surface area contributed by atoms with Gasteiger partial charge in [-0.15, -0.1) is 0 Å². The van der Waals surface area contributed by atoms with Gasteiger partial charge in [0.05, 0.1) is 17.3 Å². The van der Waals surface area contributed by atoms with Crippen LogP contribution in [-0.4, -0.2) is 26.6 Å². The predicted octanol–water partition coefficient (Wildman–Crippen LogP) is 3.19. The van der Waals surface area contributed by atoms with Crippen LogP contribution in [0.3, 0.4) is 0 Å². The lowest BCUT2D eigenvalue weighted by Crippen LogP contribution is -2.12. The number of carbonyl (C=O) groups is 2. The Morgan fingerprint density at radius 3 is 2.50 bits per heavy atom. The molecule has 2 aromatic carbocycles. The fourth-order valence-corrected chi connectivity index (χ4v) is 2.58. The lowest BCUT2D eigenvalue weighted by molar-refractivity contribution is -0.114. The fraction of sp³-hybridized carbons (Fsp3) is 0.111. The molecule has 1 aromatic heterocycles. The summed E-state index contributed by atoms with van der Waals surface area (Å²) in [5.41, 5.74) is 2.57. The molecule has 2 N–H and O–H groups in total. The van der Waals surface area contributed by atoms with Crippen molar-refractivity contribution in [1.29, 1.82) is 0 Å². The van der Waals surface area contributed by atoms with Gasteiger partial charge in [-0.05, 0) is 35.9 Å². The summed E-state index contributed by atoms with van der Waals surface area (Å²) >= 11 is 6.11. The lowest BCUT2D eigenvalue weighted by atomic mass is 10.1. The third-order valence-electron chi connectivity index (χ3n) is 3.56. The quantitative estimate of drug-likeness (QED) is 0.722. The summed E-state index contributed by atoms with van der Waals surface area (Å²) in [5.74, 6) is -0.463. The van der Waals surface area contributed by atoms with Gasteiger partial charge in [0.1, 0.15) is 12.7 Å².